The molecule has 0 aromatic carbocycles. The molecule has 0 bridgehead atoms. The van der Waals surface area contributed by atoms with Crippen LogP contribution in [-0.2, 0) is 4.79 Å². The van der Waals surface area contributed by atoms with Crippen molar-refractivity contribution in [2.45, 2.75) is 0 Å². The van der Waals surface area contributed by atoms with Crippen molar-refractivity contribution in [2.24, 2.45) is 0 Å². The fraction of sp³-hybridized carbons (Fsp3) is 0.125. The number of nitrogens with one attached hydrogen (secondary N) is 1. The molecule has 0 saturated carbocycles. The number of hydrogen-bond donors (Lipinski definition) is 1. The van der Waals surface area contributed by atoms with Gasteiger partial charge in [0.25, 0.3) is 5.91 Å². The van der Waals surface area contributed by atoms with Crippen molar-refractivity contribution in [3.8, 4) is 11.3 Å². The second-order valence-corrected chi connectivity index (χ2v) is 8.41. The van der Waals surface area contributed by atoms with Crippen molar-refractivity contribution in [3.05, 3.63) is 50.7 Å². The maximum absolute atomic E-state index is 12.3. The van der Waals surface area contributed by atoms with Crippen molar-refractivity contribution in [1.82, 2.24) is 14.9 Å². The molecule has 0 aliphatic rings. The zero-order valence-electron chi connectivity index (χ0n) is 13.1. The predicted molar refractivity (Wildman–Crippen MR) is 103 cm³/mol. The maximum atomic E-state index is 12.3. The van der Waals surface area contributed by atoms with E-state index in [1.807, 2.05) is 17.5 Å². The molecular weight excluding hydrogens is 424 g/mol. The van der Waals surface area contributed by atoms with Gasteiger partial charge in [-0.05, 0) is 40.2 Å². The van der Waals surface area contributed by atoms with Crippen molar-refractivity contribution in [2.75, 3.05) is 18.9 Å². The van der Waals surface area contributed by atoms with Gasteiger partial charge in [0.15, 0.2) is 5.13 Å². The van der Waals surface area contributed by atoms with Crippen LogP contribution >= 0.6 is 38.6 Å². The Bertz CT molecular complexity index is 894. The summed E-state index contributed by atoms with van der Waals surface area (Å²) in [5.74, 6) is -0.486. The van der Waals surface area contributed by atoms with E-state index >= 15 is 0 Å². The Kier molecular flexibility index (Phi) is 5.57. The average molecular weight is 437 g/mol. The second-order valence-electron chi connectivity index (χ2n) is 5.09. The van der Waals surface area contributed by atoms with Gasteiger partial charge >= 0.3 is 0 Å². The van der Waals surface area contributed by atoms with E-state index in [2.05, 4.69) is 31.2 Å². The average Bonchev–Trinajstić information content (AvgIpc) is 3.24. The lowest BCUT2D eigenvalue weighted by Crippen LogP contribution is -2.34. The fourth-order valence-electron chi connectivity index (χ4n) is 2.04. The van der Waals surface area contributed by atoms with Gasteiger partial charge in [0.2, 0.25) is 5.91 Å². The summed E-state index contributed by atoms with van der Waals surface area (Å²) in [5, 5.41) is 5.06. The van der Waals surface area contributed by atoms with E-state index < -0.39 is 0 Å². The summed E-state index contributed by atoms with van der Waals surface area (Å²) in [4.78, 5) is 34.8. The highest BCUT2D eigenvalue weighted by atomic mass is 79.9. The molecule has 6 nitrogen and oxygen atoms in total. The van der Waals surface area contributed by atoms with E-state index in [1.165, 1.54) is 27.6 Å². The molecule has 3 aromatic heterocycles. The molecule has 128 valence electrons. The molecule has 3 aromatic rings. The molecule has 0 radical (unpaired) electrons. The first-order valence-electron chi connectivity index (χ1n) is 7.19. The van der Waals surface area contributed by atoms with Crippen LogP contribution in [0.2, 0.25) is 0 Å². The number of thiazole rings is 1. The lowest BCUT2D eigenvalue weighted by Gasteiger charge is -2.15. The fourth-order valence-corrected chi connectivity index (χ4v) is 4.16. The lowest BCUT2D eigenvalue weighted by atomic mass is 10.2. The largest absolute Gasteiger partial charge is 0.332 e. The number of halogens is 1. The number of carbonyl (C=O) groups excluding carboxylic acids is 2. The molecule has 2 amide bonds. The van der Waals surface area contributed by atoms with Crippen LogP contribution < -0.4 is 5.32 Å². The molecule has 0 fully saturated rings. The summed E-state index contributed by atoms with van der Waals surface area (Å²) < 4.78 is 0.874. The van der Waals surface area contributed by atoms with Crippen LogP contribution in [-0.4, -0.2) is 40.3 Å². The Balaban J connectivity index is 1.59. The third kappa shape index (κ3) is 4.50. The number of amides is 2. The van der Waals surface area contributed by atoms with Crippen molar-refractivity contribution in [1.29, 1.82) is 0 Å². The first-order valence-corrected chi connectivity index (χ1v) is 9.68. The van der Waals surface area contributed by atoms with E-state index in [4.69, 9.17) is 0 Å². The van der Waals surface area contributed by atoms with Gasteiger partial charge in [-0.2, -0.15) is 0 Å². The highest BCUT2D eigenvalue weighted by Crippen LogP contribution is 2.24. The molecule has 0 aliphatic carbocycles. The molecule has 9 heteroatoms. The molecular formula is C16H13BrN4O2S2. The lowest BCUT2D eigenvalue weighted by molar-refractivity contribution is -0.116. The summed E-state index contributed by atoms with van der Waals surface area (Å²) in [5.41, 5.74) is 1.64. The molecule has 0 saturated heterocycles. The topological polar surface area (TPSA) is 75.2 Å². The zero-order valence-corrected chi connectivity index (χ0v) is 16.3. The normalized spacial score (nSPS) is 10.5. The minimum Gasteiger partial charge on any atom is -0.332 e. The number of hydrogen-bond acceptors (Lipinski definition) is 6. The molecule has 1 N–H and O–H groups in total. The summed E-state index contributed by atoms with van der Waals surface area (Å²) in [6, 6.07) is 7.27. The monoisotopic (exact) mass is 436 g/mol. The van der Waals surface area contributed by atoms with Gasteiger partial charge in [-0.1, -0.05) is 0 Å². The van der Waals surface area contributed by atoms with Crippen LogP contribution in [0.15, 0.2) is 45.8 Å². The van der Waals surface area contributed by atoms with Crippen molar-refractivity contribution in [3.63, 3.8) is 0 Å². The molecule has 25 heavy (non-hydrogen) atoms. The molecule has 0 atom stereocenters. The maximum Gasteiger partial charge on any atom is 0.264 e. The van der Waals surface area contributed by atoms with E-state index in [-0.39, 0.29) is 18.4 Å². The summed E-state index contributed by atoms with van der Waals surface area (Å²) in [7, 11) is 1.60. The number of carbonyl (C=O) groups is 2. The number of aromatic nitrogens is 2. The zero-order chi connectivity index (χ0) is 17.8. The smallest absolute Gasteiger partial charge is 0.264 e. The number of likely N-dealkylation sites (N-methyl/N-ethyl adjacent to an activating group) is 1. The third-order valence-corrected chi connectivity index (χ3v) is 5.59. The predicted octanol–water partition coefficient (Wildman–Crippen LogP) is 3.74. The summed E-state index contributed by atoms with van der Waals surface area (Å²) in [6.07, 6.45) is 3.41. The molecule has 3 heterocycles. The van der Waals surface area contributed by atoms with Gasteiger partial charge < -0.3 is 10.2 Å². The minimum atomic E-state index is -0.293. The van der Waals surface area contributed by atoms with Gasteiger partial charge in [0.05, 0.1) is 20.9 Å². The highest BCUT2D eigenvalue weighted by Gasteiger charge is 2.17. The number of nitrogens with zero attached hydrogens (tertiary/aromatic N) is 3. The molecule has 0 aliphatic heterocycles. The van der Waals surface area contributed by atoms with Gasteiger partial charge in [0.1, 0.15) is 0 Å². The SMILES string of the molecule is CN(CC(=O)Nc1nc(-c2cccnc2)cs1)C(=O)c1ccc(Br)s1. The number of thiophene rings is 1. The second kappa shape index (κ2) is 7.85. The Labute approximate surface area is 160 Å². The van der Waals surface area contributed by atoms with Crippen LogP contribution in [0, 0.1) is 0 Å². The number of rotatable bonds is 5. The van der Waals surface area contributed by atoms with Crippen LogP contribution in [0.25, 0.3) is 11.3 Å². The van der Waals surface area contributed by atoms with Gasteiger partial charge in [0, 0.05) is 30.4 Å². The quantitative estimate of drug-likeness (QED) is 0.660. The van der Waals surface area contributed by atoms with E-state index in [0.29, 0.717) is 10.0 Å². The molecule has 3 rings (SSSR count). The Morgan fingerprint density at radius 1 is 1.32 bits per heavy atom. The first-order chi connectivity index (χ1) is 12.0. The number of anilines is 1. The molecule has 0 spiro atoms. The van der Waals surface area contributed by atoms with Crippen LogP contribution in [0.3, 0.4) is 0 Å². The Hall–Kier alpha value is -2.10. The van der Waals surface area contributed by atoms with E-state index in [0.717, 1.165) is 15.0 Å². The summed E-state index contributed by atoms with van der Waals surface area (Å²) >= 11 is 5.99. The standard InChI is InChI=1S/C16H13BrN4O2S2/c1-21(15(23)12-4-5-13(17)25-12)8-14(22)20-16-19-11(9-24-16)10-3-2-6-18-7-10/h2-7,9H,8H2,1H3,(H,19,20,22). The van der Waals surface area contributed by atoms with Crippen molar-refractivity contribution < 1.29 is 9.59 Å². The van der Waals surface area contributed by atoms with E-state index in [1.54, 1.807) is 31.6 Å². The van der Waals surface area contributed by atoms with Gasteiger partial charge in [-0.25, -0.2) is 4.98 Å². The van der Waals surface area contributed by atoms with Crippen LogP contribution in [0.1, 0.15) is 9.67 Å². The molecule has 0 unspecified atom stereocenters. The van der Waals surface area contributed by atoms with Gasteiger partial charge in [-0.3, -0.25) is 14.6 Å². The van der Waals surface area contributed by atoms with Crippen molar-refractivity contribution >= 4 is 55.5 Å². The Morgan fingerprint density at radius 3 is 2.84 bits per heavy atom. The number of pyridine rings is 1. The van der Waals surface area contributed by atoms with Gasteiger partial charge in [-0.15, -0.1) is 22.7 Å². The first kappa shape index (κ1) is 17.7. The third-order valence-electron chi connectivity index (χ3n) is 3.22. The minimum absolute atomic E-state index is 0.0455. The van der Waals surface area contributed by atoms with Crippen LogP contribution in [0.4, 0.5) is 5.13 Å². The Morgan fingerprint density at radius 2 is 2.16 bits per heavy atom. The van der Waals surface area contributed by atoms with E-state index in [9.17, 15) is 9.59 Å². The highest BCUT2D eigenvalue weighted by molar-refractivity contribution is 9.11. The van der Waals surface area contributed by atoms with Crippen LogP contribution in [0.5, 0.6) is 0 Å². The summed E-state index contributed by atoms with van der Waals surface area (Å²) in [6.45, 7) is -0.0455.